The van der Waals surface area contributed by atoms with Crippen molar-refractivity contribution in [2.75, 3.05) is 39.0 Å². The summed E-state index contributed by atoms with van der Waals surface area (Å²) in [6, 6.07) is 27.3. The standard InChI is InChI=1S/C25H29N3O2/c1-27(2)17-18-28(19-21-9-5-3-6-10-21)20-25(29)26-22-13-15-24(16-14-22)30-23-11-7-4-8-12-23/h3-16H,17-20H2,1-2H3,(H,26,29). The smallest absolute Gasteiger partial charge is 0.238 e. The van der Waals surface area contributed by atoms with Crippen molar-refractivity contribution in [1.82, 2.24) is 9.80 Å². The summed E-state index contributed by atoms with van der Waals surface area (Å²) in [4.78, 5) is 16.9. The van der Waals surface area contributed by atoms with E-state index in [-0.39, 0.29) is 5.91 Å². The highest BCUT2D eigenvalue weighted by molar-refractivity contribution is 5.92. The Kier molecular flexibility index (Phi) is 8.01. The molecule has 5 heteroatoms. The largest absolute Gasteiger partial charge is 0.457 e. The zero-order valence-corrected chi connectivity index (χ0v) is 17.6. The molecule has 3 aromatic carbocycles. The van der Waals surface area contributed by atoms with E-state index in [1.54, 1.807) is 0 Å². The van der Waals surface area contributed by atoms with Crippen LogP contribution in [0.25, 0.3) is 0 Å². The van der Waals surface area contributed by atoms with Gasteiger partial charge in [0.05, 0.1) is 6.54 Å². The first kappa shape index (κ1) is 21.6. The number of carbonyl (C=O) groups is 1. The molecule has 1 N–H and O–H groups in total. The monoisotopic (exact) mass is 403 g/mol. The molecule has 156 valence electrons. The molecule has 0 aliphatic rings. The molecule has 1 amide bonds. The number of amides is 1. The molecule has 0 spiro atoms. The normalized spacial score (nSPS) is 10.9. The summed E-state index contributed by atoms with van der Waals surface area (Å²) in [7, 11) is 4.08. The third-order valence-corrected chi connectivity index (χ3v) is 4.60. The lowest BCUT2D eigenvalue weighted by Crippen LogP contribution is -2.37. The van der Waals surface area contributed by atoms with Crippen LogP contribution in [0.5, 0.6) is 11.5 Å². The zero-order chi connectivity index (χ0) is 21.2. The highest BCUT2D eigenvalue weighted by Gasteiger charge is 2.12. The highest BCUT2D eigenvalue weighted by Crippen LogP contribution is 2.22. The first-order valence-corrected chi connectivity index (χ1v) is 10.1. The van der Waals surface area contributed by atoms with Crippen molar-refractivity contribution in [1.29, 1.82) is 0 Å². The van der Waals surface area contributed by atoms with Crippen LogP contribution in [0.2, 0.25) is 0 Å². The summed E-state index contributed by atoms with van der Waals surface area (Å²) in [6.45, 7) is 2.79. The molecule has 0 fully saturated rings. The quantitative estimate of drug-likeness (QED) is 0.542. The number of anilines is 1. The molecule has 0 radical (unpaired) electrons. The van der Waals surface area contributed by atoms with Crippen LogP contribution in [0.1, 0.15) is 5.56 Å². The van der Waals surface area contributed by atoms with Gasteiger partial charge in [0, 0.05) is 25.3 Å². The molecule has 0 bridgehead atoms. The number of carbonyl (C=O) groups excluding carboxylic acids is 1. The SMILES string of the molecule is CN(C)CCN(CC(=O)Nc1ccc(Oc2ccccc2)cc1)Cc1ccccc1. The maximum absolute atomic E-state index is 12.6. The fourth-order valence-electron chi connectivity index (χ4n) is 3.03. The number of rotatable bonds is 10. The van der Waals surface area contributed by atoms with Gasteiger partial charge in [0.15, 0.2) is 0 Å². The number of para-hydroxylation sites is 1. The Bertz CT molecular complexity index is 897. The van der Waals surface area contributed by atoms with Gasteiger partial charge in [-0.15, -0.1) is 0 Å². The Balaban J connectivity index is 1.55. The van der Waals surface area contributed by atoms with Crippen LogP contribution in [-0.2, 0) is 11.3 Å². The minimum atomic E-state index is -0.0265. The third kappa shape index (κ3) is 7.35. The number of benzene rings is 3. The van der Waals surface area contributed by atoms with E-state index in [9.17, 15) is 4.79 Å². The van der Waals surface area contributed by atoms with Gasteiger partial charge in [-0.2, -0.15) is 0 Å². The van der Waals surface area contributed by atoms with Crippen LogP contribution in [0.4, 0.5) is 5.69 Å². The van der Waals surface area contributed by atoms with Crippen LogP contribution < -0.4 is 10.1 Å². The molecular weight excluding hydrogens is 374 g/mol. The Labute approximate surface area is 178 Å². The van der Waals surface area contributed by atoms with E-state index in [2.05, 4.69) is 27.2 Å². The molecule has 0 aliphatic heterocycles. The molecular formula is C25H29N3O2. The molecule has 0 unspecified atom stereocenters. The van der Waals surface area contributed by atoms with Gasteiger partial charge in [-0.3, -0.25) is 9.69 Å². The Hall–Kier alpha value is -3.15. The van der Waals surface area contributed by atoms with Crippen molar-refractivity contribution in [2.45, 2.75) is 6.54 Å². The molecule has 0 heterocycles. The predicted octanol–water partition coefficient (Wildman–Crippen LogP) is 4.48. The first-order chi connectivity index (χ1) is 14.6. The maximum Gasteiger partial charge on any atom is 0.238 e. The number of nitrogens with zero attached hydrogens (tertiary/aromatic N) is 2. The van der Waals surface area contributed by atoms with Gasteiger partial charge in [-0.1, -0.05) is 48.5 Å². The molecule has 5 nitrogen and oxygen atoms in total. The van der Waals surface area contributed by atoms with Crippen molar-refractivity contribution in [3.8, 4) is 11.5 Å². The Morgan fingerprint density at radius 3 is 2.03 bits per heavy atom. The van der Waals surface area contributed by atoms with E-state index < -0.39 is 0 Å². The number of hydrogen-bond acceptors (Lipinski definition) is 4. The third-order valence-electron chi connectivity index (χ3n) is 4.60. The lowest BCUT2D eigenvalue weighted by Gasteiger charge is -2.23. The topological polar surface area (TPSA) is 44.8 Å². The second kappa shape index (κ2) is 11.1. The van der Waals surface area contributed by atoms with Gasteiger partial charge in [-0.05, 0) is 56.1 Å². The van der Waals surface area contributed by atoms with E-state index >= 15 is 0 Å². The average molecular weight is 404 g/mol. The highest BCUT2D eigenvalue weighted by atomic mass is 16.5. The van der Waals surface area contributed by atoms with Crippen molar-refractivity contribution >= 4 is 11.6 Å². The van der Waals surface area contributed by atoms with Gasteiger partial charge in [-0.25, -0.2) is 0 Å². The molecule has 0 aromatic heterocycles. The van der Waals surface area contributed by atoms with Gasteiger partial charge < -0.3 is 15.0 Å². The van der Waals surface area contributed by atoms with Gasteiger partial charge in [0.1, 0.15) is 11.5 Å². The van der Waals surface area contributed by atoms with E-state index in [1.807, 2.05) is 86.9 Å². The van der Waals surface area contributed by atoms with Crippen molar-refractivity contribution < 1.29 is 9.53 Å². The first-order valence-electron chi connectivity index (χ1n) is 10.1. The number of likely N-dealkylation sites (N-methyl/N-ethyl adjacent to an activating group) is 1. The van der Waals surface area contributed by atoms with Crippen LogP contribution in [0.3, 0.4) is 0 Å². The summed E-state index contributed by atoms with van der Waals surface area (Å²) >= 11 is 0. The Morgan fingerprint density at radius 2 is 1.40 bits per heavy atom. The van der Waals surface area contributed by atoms with Crippen LogP contribution in [-0.4, -0.2) is 49.4 Å². The second-order valence-corrected chi connectivity index (χ2v) is 7.49. The number of ether oxygens (including phenoxy) is 1. The van der Waals surface area contributed by atoms with Crippen LogP contribution >= 0.6 is 0 Å². The summed E-state index contributed by atoms with van der Waals surface area (Å²) in [5.74, 6) is 1.49. The molecule has 0 atom stereocenters. The van der Waals surface area contributed by atoms with Crippen LogP contribution in [0.15, 0.2) is 84.9 Å². The maximum atomic E-state index is 12.6. The predicted molar refractivity (Wildman–Crippen MR) is 122 cm³/mol. The van der Waals surface area contributed by atoms with Gasteiger partial charge >= 0.3 is 0 Å². The minimum absolute atomic E-state index is 0.0265. The number of hydrogen-bond donors (Lipinski definition) is 1. The molecule has 0 saturated carbocycles. The van der Waals surface area contributed by atoms with Crippen molar-refractivity contribution in [2.24, 2.45) is 0 Å². The summed E-state index contributed by atoms with van der Waals surface area (Å²) in [5.41, 5.74) is 1.96. The minimum Gasteiger partial charge on any atom is -0.457 e. The Morgan fingerprint density at radius 1 is 0.800 bits per heavy atom. The molecule has 0 saturated heterocycles. The molecule has 0 aliphatic carbocycles. The van der Waals surface area contributed by atoms with E-state index in [0.717, 1.165) is 36.8 Å². The van der Waals surface area contributed by atoms with Gasteiger partial charge in [0.25, 0.3) is 0 Å². The average Bonchev–Trinajstić information content (AvgIpc) is 2.75. The molecule has 3 aromatic rings. The van der Waals surface area contributed by atoms with Gasteiger partial charge in [0.2, 0.25) is 5.91 Å². The van der Waals surface area contributed by atoms with E-state index in [0.29, 0.717) is 6.54 Å². The van der Waals surface area contributed by atoms with Crippen LogP contribution in [0, 0.1) is 0 Å². The summed E-state index contributed by atoms with van der Waals surface area (Å²) < 4.78 is 5.80. The summed E-state index contributed by atoms with van der Waals surface area (Å²) in [5, 5.41) is 2.99. The summed E-state index contributed by atoms with van der Waals surface area (Å²) in [6.07, 6.45) is 0. The zero-order valence-electron chi connectivity index (χ0n) is 17.6. The van der Waals surface area contributed by atoms with Crippen molar-refractivity contribution in [3.05, 3.63) is 90.5 Å². The van der Waals surface area contributed by atoms with E-state index in [1.165, 1.54) is 5.56 Å². The van der Waals surface area contributed by atoms with E-state index in [4.69, 9.17) is 4.74 Å². The fourth-order valence-corrected chi connectivity index (χ4v) is 3.03. The lowest BCUT2D eigenvalue weighted by molar-refractivity contribution is -0.117. The number of nitrogens with one attached hydrogen (secondary N) is 1. The fraction of sp³-hybridized carbons (Fsp3) is 0.240. The second-order valence-electron chi connectivity index (χ2n) is 7.49. The lowest BCUT2D eigenvalue weighted by atomic mass is 10.2. The molecule has 30 heavy (non-hydrogen) atoms. The molecule has 3 rings (SSSR count). The van der Waals surface area contributed by atoms with Crippen molar-refractivity contribution in [3.63, 3.8) is 0 Å².